The lowest BCUT2D eigenvalue weighted by molar-refractivity contribution is -0.122. The van der Waals surface area contributed by atoms with E-state index in [1.165, 1.54) is 0 Å². The van der Waals surface area contributed by atoms with E-state index >= 15 is 0 Å². The van der Waals surface area contributed by atoms with Crippen molar-refractivity contribution in [3.63, 3.8) is 0 Å². The Morgan fingerprint density at radius 3 is 1.48 bits per heavy atom. The van der Waals surface area contributed by atoms with E-state index in [2.05, 4.69) is 79.1 Å². The molecular weight excluding hydrogens is 358 g/mol. The smallest absolute Gasteiger partial charge is 0.220 e. The Morgan fingerprint density at radius 1 is 0.724 bits per heavy atom. The maximum atomic E-state index is 11.6. The maximum Gasteiger partial charge on any atom is 0.220 e. The van der Waals surface area contributed by atoms with Crippen LogP contribution in [0.25, 0.3) is 0 Å². The average molecular weight is 400 g/mol. The van der Waals surface area contributed by atoms with Crippen molar-refractivity contribution < 1.29 is 9.90 Å². The van der Waals surface area contributed by atoms with Gasteiger partial charge in [0, 0.05) is 13.0 Å². The summed E-state index contributed by atoms with van der Waals surface area (Å²) >= 11 is 0. The zero-order valence-corrected chi connectivity index (χ0v) is 18.6. The highest BCUT2D eigenvalue weighted by Gasteiger charge is 2.12. The van der Waals surface area contributed by atoms with Gasteiger partial charge in [-0.15, -0.1) is 0 Å². The van der Waals surface area contributed by atoms with Crippen molar-refractivity contribution in [1.29, 1.82) is 0 Å². The molecule has 0 heterocycles. The Hall–Kier alpha value is -2.13. The van der Waals surface area contributed by atoms with Crippen LogP contribution >= 0.6 is 0 Å². The molecule has 0 fully saturated rings. The second-order valence-corrected chi connectivity index (χ2v) is 7.54. The van der Waals surface area contributed by atoms with Gasteiger partial charge < -0.3 is 10.4 Å². The standard InChI is InChI=1S/C26H41NO2/c1-4-5-6-7-8-9-10-11-12-13-14-15-16-17-18-19-20-21-22-23-25(28)27-24-26(2,3)29/h5-6,8-9,11-12,14-15,17-18,20-21,29H,4,7,10,13,16,19,22-24H2,1-3H3,(H,27,28)/b6-5-,9-8-,12-11-,15-14-,18-17-,21-20-. The zero-order chi connectivity index (χ0) is 21.6. The summed E-state index contributed by atoms with van der Waals surface area (Å²) in [5.74, 6) is -0.0216. The Bertz CT molecular complexity index is 572. The van der Waals surface area contributed by atoms with Crippen molar-refractivity contribution in [3.05, 3.63) is 72.9 Å². The first-order valence-electron chi connectivity index (χ1n) is 10.8. The SMILES string of the molecule is CC/C=C\C/C=C\C/C=C\C/C=C\C/C=C\C/C=C\CCC(=O)NCC(C)(C)O. The number of aliphatic hydroxyl groups is 1. The second-order valence-electron chi connectivity index (χ2n) is 7.54. The maximum absolute atomic E-state index is 11.6. The molecular formula is C26H41NO2. The van der Waals surface area contributed by atoms with Crippen LogP contribution in [0.3, 0.4) is 0 Å². The second kappa shape index (κ2) is 19.2. The summed E-state index contributed by atoms with van der Waals surface area (Å²) in [6, 6.07) is 0. The highest BCUT2D eigenvalue weighted by Crippen LogP contribution is 2.00. The van der Waals surface area contributed by atoms with Gasteiger partial charge in [0.25, 0.3) is 0 Å². The van der Waals surface area contributed by atoms with E-state index in [4.69, 9.17) is 0 Å². The normalized spacial score (nSPS) is 13.4. The fourth-order valence-corrected chi connectivity index (χ4v) is 2.26. The molecule has 3 nitrogen and oxygen atoms in total. The quantitative estimate of drug-likeness (QED) is 0.297. The molecule has 2 N–H and O–H groups in total. The lowest BCUT2D eigenvalue weighted by Crippen LogP contribution is -2.38. The van der Waals surface area contributed by atoms with Gasteiger partial charge in [-0.05, 0) is 58.8 Å². The van der Waals surface area contributed by atoms with Crippen LogP contribution in [-0.4, -0.2) is 23.2 Å². The van der Waals surface area contributed by atoms with Gasteiger partial charge >= 0.3 is 0 Å². The van der Waals surface area contributed by atoms with Crippen LogP contribution in [0.4, 0.5) is 0 Å². The Balaban J connectivity index is 3.61. The molecule has 0 aliphatic carbocycles. The Morgan fingerprint density at radius 2 is 1.10 bits per heavy atom. The van der Waals surface area contributed by atoms with Gasteiger partial charge in [-0.3, -0.25) is 4.79 Å². The Kier molecular flexibility index (Phi) is 17.8. The monoisotopic (exact) mass is 399 g/mol. The van der Waals surface area contributed by atoms with E-state index < -0.39 is 5.60 Å². The summed E-state index contributed by atoms with van der Waals surface area (Å²) in [5, 5.41) is 12.3. The topological polar surface area (TPSA) is 49.3 Å². The summed E-state index contributed by atoms with van der Waals surface area (Å²) in [4.78, 5) is 11.6. The van der Waals surface area contributed by atoms with Crippen molar-refractivity contribution >= 4 is 5.91 Å². The largest absolute Gasteiger partial charge is 0.389 e. The molecule has 0 unspecified atom stereocenters. The van der Waals surface area contributed by atoms with Gasteiger partial charge in [-0.1, -0.05) is 79.8 Å². The van der Waals surface area contributed by atoms with Gasteiger partial charge in [0.1, 0.15) is 0 Å². The molecule has 29 heavy (non-hydrogen) atoms. The minimum absolute atomic E-state index is 0.0216. The van der Waals surface area contributed by atoms with Gasteiger partial charge in [0.2, 0.25) is 5.91 Å². The molecule has 0 radical (unpaired) electrons. The first-order valence-corrected chi connectivity index (χ1v) is 10.8. The highest BCUT2D eigenvalue weighted by molar-refractivity contribution is 5.76. The van der Waals surface area contributed by atoms with Crippen molar-refractivity contribution in [1.82, 2.24) is 5.32 Å². The van der Waals surface area contributed by atoms with Gasteiger partial charge in [0.05, 0.1) is 5.60 Å². The first-order chi connectivity index (χ1) is 14.0. The van der Waals surface area contributed by atoms with Gasteiger partial charge in [-0.2, -0.15) is 0 Å². The molecule has 3 heteroatoms. The number of rotatable bonds is 16. The average Bonchev–Trinajstić information content (AvgIpc) is 2.67. The third-order valence-corrected chi connectivity index (χ3v) is 3.85. The molecule has 162 valence electrons. The molecule has 0 aliphatic rings. The molecule has 0 aromatic carbocycles. The van der Waals surface area contributed by atoms with Crippen molar-refractivity contribution in [2.24, 2.45) is 0 Å². The first kappa shape index (κ1) is 26.9. The minimum Gasteiger partial charge on any atom is -0.389 e. The van der Waals surface area contributed by atoms with E-state index in [9.17, 15) is 9.90 Å². The van der Waals surface area contributed by atoms with E-state index in [0.29, 0.717) is 6.42 Å². The molecule has 0 aliphatic heterocycles. The summed E-state index contributed by atoms with van der Waals surface area (Å²) < 4.78 is 0. The lowest BCUT2D eigenvalue weighted by Gasteiger charge is -2.17. The van der Waals surface area contributed by atoms with Gasteiger partial charge in [0.15, 0.2) is 0 Å². The number of amides is 1. The molecule has 0 bridgehead atoms. The third kappa shape index (κ3) is 23.8. The summed E-state index contributed by atoms with van der Waals surface area (Å²) in [7, 11) is 0. The van der Waals surface area contributed by atoms with E-state index in [1.807, 2.05) is 6.08 Å². The van der Waals surface area contributed by atoms with Crippen molar-refractivity contribution in [2.45, 2.75) is 77.7 Å². The van der Waals surface area contributed by atoms with Crippen LogP contribution < -0.4 is 5.32 Å². The number of hydrogen-bond acceptors (Lipinski definition) is 2. The number of hydrogen-bond donors (Lipinski definition) is 2. The van der Waals surface area contributed by atoms with Crippen LogP contribution in [0.5, 0.6) is 0 Å². The van der Waals surface area contributed by atoms with Crippen molar-refractivity contribution in [3.8, 4) is 0 Å². The van der Waals surface area contributed by atoms with Crippen LogP contribution in [0, 0.1) is 0 Å². The molecule has 0 aromatic heterocycles. The van der Waals surface area contributed by atoms with Gasteiger partial charge in [-0.25, -0.2) is 0 Å². The summed E-state index contributed by atoms with van der Waals surface area (Å²) in [6.45, 7) is 5.80. The van der Waals surface area contributed by atoms with E-state index in [0.717, 1.165) is 44.9 Å². The van der Waals surface area contributed by atoms with Crippen molar-refractivity contribution in [2.75, 3.05) is 6.54 Å². The molecule has 1 amide bonds. The summed E-state index contributed by atoms with van der Waals surface area (Å²) in [6.07, 6.45) is 33.1. The Labute approximate surface area is 178 Å². The number of nitrogens with one attached hydrogen (secondary N) is 1. The fraction of sp³-hybridized carbons (Fsp3) is 0.500. The third-order valence-electron chi connectivity index (χ3n) is 3.85. The summed E-state index contributed by atoms with van der Waals surface area (Å²) in [5.41, 5.74) is -0.857. The lowest BCUT2D eigenvalue weighted by atomic mass is 10.1. The minimum atomic E-state index is -0.857. The van der Waals surface area contributed by atoms with E-state index in [-0.39, 0.29) is 12.5 Å². The van der Waals surface area contributed by atoms with Crippen LogP contribution in [0.2, 0.25) is 0 Å². The van der Waals surface area contributed by atoms with Crippen LogP contribution in [-0.2, 0) is 4.79 Å². The number of carbonyl (C=O) groups excluding carboxylic acids is 1. The molecule has 0 saturated carbocycles. The predicted octanol–water partition coefficient (Wildman–Crippen LogP) is 6.35. The van der Waals surface area contributed by atoms with Crippen LogP contribution in [0.15, 0.2) is 72.9 Å². The molecule has 0 aromatic rings. The molecule has 0 atom stereocenters. The van der Waals surface area contributed by atoms with E-state index in [1.54, 1.807) is 13.8 Å². The number of allylic oxidation sites excluding steroid dienone is 12. The highest BCUT2D eigenvalue weighted by atomic mass is 16.3. The predicted molar refractivity (Wildman–Crippen MR) is 127 cm³/mol. The molecule has 0 rings (SSSR count). The number of carbonyl (C=O) groups is 1. The molecule has 0 saturated heterocycles. The fourth-order valence-electron chi connectivity index (χ4n) is 2.26. The van der Waals surface area contributed by atoms with Crippen LogP contribution in [0.1, 0.15) is 72.1 Å². The molecule has 0 spiro atoms. The zero-order valence-electron chi connectivity index (χ0n) is 18.6.